The number of nitrogens with one attached hydrogen (secondary N) is 1. The second-order valence-electron chi connectivity index (χ2n) is 5.42. The summed E-state index contributed by atoms with van der Waals surface area (Å²) < 4.78 is 16.4. The Morgan fingerprint density at radius 2 is 1.81 bits per heavy atom. The third-order valence-corrected chi connectivity index (χ3v) is 4.87. The molecule has 0 fully saturated rings. The van der Waals surface area contributed by atoms with E-state index in [4.69, 9.17) is 25.2 Å². The summed E-state index contributed by atoms with van der Waals surface area (Å²) in [5, 5.41) is 3.59. The maximum atomic E-state index is 12.2. The van der Waals surface area contributed by atoms with E-state index in [1.54, 1.807) is 55.0 Å². The van der Waals surface area contributed by atoms with Crippen LogP contribution in [0.5, 0.6) is 5.75 Å². The lowest BCUT2D eigenvalue weighted by Gasteiger charge is -2.06. The number of hydrogen-bond donors (Lipinski definition) is 1. The van der Waals surface area contributed by atoms with E-state index in [0.29, 0.717) is 33.1 Å². The lowest BCUT2D eigenvalue weighted by Crippen LogP contribution is -2.20. The molecule has 1 aromatic carbocycles. The second-order valence-corrected chi connectivity index (χ2v) is 6.82. The molecule has 4 aromatic rings. The second kappa shape index (κ2) is 7.69. The Morgan fingerprint density at radius 3 is 2.52 bits per heavy atom. The van der Waals surface area contributed by atoms with Gasteiger partial charge in [-0.25, -0.2) is 4.98 Å². The van der Waals surface area contributed by atoms with Gasteiger partial charge in [-0.05, 0) is 36.4 Å². The Hall–Kier alpha value is -3.03. The molecule has 3 aromatic heterocycles. The van der Waals surface area contributed by atoms with Crippen LogP contribution in [0.4, 0.5) is 5.13 Å². The van der Waals surface area contributed by atoms with E-state index in [-0.39, 0.29) is 12.5 Å². The highest BCUT2D eigenvalue weighted by Gasteiger charge is 2.20. The van der Waals surface area contributed by atoms with Gasteiger partial charge >= 0.3 is 0 Å². The molecule has 0 atom stereocenters. The summed E-state index contributed by atoms with van der Waals surface area (Å²) in [6, 6.07) is 14.2. The van der Waals surface area contributed by atoms with Gasteiger partial charge < -0.3 is 13.6 Å². The Balaban J connectivity index is 1.51. The normalized spacial score (nSPS) is 10.7. The number of benzene rings is 1. The van der Waals surface area contributed by atoms with Gasteiger partial charge in [-0.1, -0.05) is 35.1 Å². The van der Waals surface area contributed by atoms with Crippen LogP contribution in [0.1, 0.15) is 0 Å². The molecular weight excluding hydrogens is 388 g/mol. The topological polar surface area (TPSA) is 77.5 Å². The van der Waals surface area contributed by atoms with Crippen molar-refractivity contribution in [3.63, 3.8) is 0 Å². The number of carbonyl (C=O) groups excluding carboxylic acids is 1. The summed E-state index contributed by atoms with van der Waals surface area (Å²) in [4.78, 5) is 17.5. The fourth-order valence-electron chi connectivity index (χ4n) is 2.39. The lowest BCUT2D eigenvalue weighted by molar-refractivity contribution is -0.118. The molecule has 1 amide bonds. The number of nitrogens with zero attached hydrogens (tertiary/aromatic N) is 1. The SMILES string of the molecule is O=C(COc1ccccc1Cl)Nc1nc(-c2ccco2)c(-c2ccco2)s1. The Kier molecular flexibility index (Phi) is 4.95. The number of amides is 1. The van der Waals surface area contributed by atoms with Crippen molar-refractivity contribution in [3.8, 4) is 27.8 Å². The summed E-state index contributed by atoms with van der Waals surface area (Å²) in [6.45, 7) is -0.185. The van der Waals surface area contributed by atoms with Crippen molar-refractivity contribution in [1.29, 1.82) is 0 Å². The van der Waals surface area contributed by atoms with Gasteiger partial charge in [0.25, 0.3) is 5.91 Å². The quantitative estimate of drug-likeness (QED) is 0.473. The Labute approximate surface area is 163 Å². The van der Waals surface area contributed by atoms with E-state index >= 15 is 0 Å². The average molecular weight is 401 g/mol. The standard InChI is InChI=1S/C19H13ClN2O4S/c20-12-5-1-2-6-13(12)26-11-16(23)21-19-22-17(14-7-3-9-24-14)18(27-19)15-8-4-10-25-15/h1-10H,11H2,(H,21,22,23). The number of hydrogen-bond acceptors (Lipinski definition) is 6. The number of furan rings is 2. The van der Waals surface area contributed by atoms with Crippen LogP contribution < -0.4 is 10.1 Å². The monoisotopic (exact) mass is 400 g/mol. The van der Waals surface area contributed by atoms with Gasteiger partial charge in [0, 0.05) is 0 Å². The summed E-state index contributed by atoms with van der Waals surface area (Å²) >= 11 is 7.31. The van der Waals surface area contributed by atoms with Crippen LogP contribution in [0, 0.1) is 0 Å². The molecule has 0 radical (unpaired) electrons. The van der Waals surface area contributed by atoms with Crippen molar-refractivity contribution in [2.45, 2.75) is 0 Å². The first-order valence-electron chi connectivity index (χ1n) is 7.96. The molecule has 0 spiro atoms. The van der Waals surface area contributed by atoms with Crippen molar-refractivity contribution >= 4 is 34.0 Å². The van der Waals surface area contributed by atoms with Crippen LogP contribution >= 0.6 is 22.9 Å². The number of ether oxygens (including phenoxy) is 1. The molecule has 0 saturated heterocycles. The van der Waals surface area contributed by atoms with Crippen LogP contribution in [0.15, 0.2) is 69.9 Å². The van der Waals surface area contributed by atoms with Crippen molar-refractivity contribution in [2.24, 2.45) is 0 Å². The molecule has 8 heteroatoms. The van der Waals surface area contributed by atoms with Crippen molar-refractivity contribution in [2.75, 3.05) is 11.9 Å². The highest BCUT2D eigenvalue weighted by Crippen LogP contribution is 2.39. The highest BCUT2D eigenvalue weighted by atomic mass is 35.5. The van der Waals surface area contributed by atoms with Crippen molar-refractivity contribution in [1.82, 2.24) is 4.98 Å². The number of rotatable bonds is 6. The van der Waals surface area contributed by atoms with Gasteiger partial charge in [0.15, 0.2) is 17.5 Å². The lowest BCUT2D eigenvalue weighted by atomic mass is 10.2. The van der Waals surface area contributed by atoms with Gasteiger partial charge in [-0.2, -0.15) is 0 Å². The largest absolute Gasteiger partial charge is 0.482 e. The zero-order valence-corrected chi connectivity index (χ0v) is 15.4. The molecule has 136 valence electrons. The minimum Gasteiger partial charge on any atom is -0.482 e. The molecule has 0 bridgehead atoms. The first kappa shape index (κ1) is 17.4. The number of halogens is 1. The fourth-order valence-corrected chi connectivity index (χ4v) is 3.53. The van der Waals surface area contributed by atoms with Crippen molar-refractivity contribution < 1.29 is 18.4 Å². The van der Waals surface area contributed by atoms with Gasteiger partial charge in [-0.3, -0.25) is 10.1 Å². The third-order valence-electron chi connectivity index (χ3n) is 3.57. The molecule has 6 nitrogen and oxygen atoms in total. The maximum absolute atomic E-state index is 12.2. The minimum atomic E-state index is -0.347. The van der Waals surface area contributed by atoms with E-state index in [9.17, 15) is 4.79 Å². The number of anilines is 1. The maximum Gasteiger partial charge on any atom is 0.264 e. The Bertz CT molecular complexity index is 990. The van der Waals surface area contributed by atoms with Crippen molar-refractivity contribution in [3.05, 3.63) is 66.1 Å². The molecule has 0 aliphatic heterocycles. The number of thiazole rings is 1. The van der Waals surface area contributed by atoms with Crippen LogP contribution in [-0.2, 0) is 4.79 Å². The molecule has 0 aliphatic carbocycles. The van der Waals surface area contributed by atoms with Crippen LogP contribution in [0.3, 0.4) is 0 Å². The summed E-state index contributed by atoms with van der Waals surface area (Å²) in [5.41, 5.74) is 0.599. The predicted molar refractivity (Wildman–Crippen MR) is 103 cm³/mol. The minimum absolute atomic E-state index is 0.185. The predicted octanol–water partition coefficient (Wildman–Crippen LogP) is 5.33. The number of para-hydroxylation sites is 1. The van der Waals surface area contributed by atoms with E-state index < -0.39 is 0 Å². The van der Waals surface area contributed by atoms with Crippen LogP contribution in [0.25, 0.3) is 22.1 Å². The fraction of sp³-hybridized carbons (Fsp3) is 0.0526. The molecule has 4 rings (SSSR count). The number of aromatic nitrogens is 1. The summed E-state index contributed by atoms with van der Waals surface area (Å²) in [5.74, 6) is 1.33. The average Bonchev–Trinajstić information content (AvgIpc) is 3.41. The van der Waals surface area contributed by atoms with Crippen LogP contribution in [-0.4, -0.2) is 17.5 Å². The highest BCUT2D eigenvalue weighted by molar-refractivity contribution is 7.19. The first-order chi connectivity index (χ1) is 13.2. The van der Waals surface area contributed by atoms with E-state index in [1.165, 1.54) is 11.3 Å². The van der Waals surface area contributed by atoms with Gasteiger partial charge in [0.2, 0.25) is 0 Å². The van der Waals surface area contributed by atoms with Crippen LogP contribution in [0.2, 0.25) is 5.02 Å². The van der Waals surface area contributed by atoms with E-state index in [2.05, 4.69) is 10.3 Å². The molecule has 0 unspecified atom stereocenters. The zero-order valence-electron chi connectivity index (χ0n) is 13.8. The van der Waals surface area contributed by atoms with E-state index in [1.807, 2.05) is 6.07 Å². The molecule has 3 heterocycles. The smallest absolute Gasteiger partial charge is 0.264 e. The van der Waals surface area contributed by atoms with Gasteiger partial charge in [0.05, 0.1) is 17.5 Å². The Morgan fingerprint density at radius 1 is 1.07 bits per heavy atom. The summed E-state index contributed by atoms with van der Waals surface area (Å²) in [6.07, 6.45) is 3.15. The number of carbonyl (C=O) groups is 1. The molecule has 0 aliphatic rings. The first-order valence-corrected chi connectivity index (χ1v) is 9.16. The third kappa shape index (κ3) is 3.89. The molecule has 27 heavy (non-hydrogen) atoms. The van der Waals surface area contributed by atoms with Gasteiger partial charge in [-0.15, -0.1) is 0 Å². The van der Waals surface area contributed by atoms with E-state index in [0.717, 1.165) is 4.88 Å². The molecule has 1 N–H and O–H groups in total. The zero-order chi connectivity index (χ0) is 18.6. The molecule has 0 saturated carbocycles. The molecular formula is C19H13ClN2O4S. The summed E-state index contributed by atoms with van der Waals surface area (Å²) in [7, 11) is 0. The van der Waals surface area contributed by atoms with Gasteiger partial charge in [0.1, 0.15) is 22.1 Å².